The molecule has 1 aromatic rings. The first-order chi connectivity index (χ1) is 8.91. The van der Waals surface area contributed by atoms with Gasteiger partial charge in [0.2, 0.25) is 0 Å². The first-order valence-electron chi connectivity index (χ1n) is 6.81. The summed E-state index contributed by atoms with van der Waals surface area (Å²) < 4.78 is 5.75. The highest BCUT2D eigenvalue weighted by molar-refractivity contribution is 6.00. The Morgan fingerprint density at radius 2 is 2.05 bits per heavy atom. The summed E-state index contributed by atoms with van der Waals surface area (Å²) in [4.78, 5) is 11.9. The molecule has 2 aliphatic rings. The molecule has 1 unspecified atom stereocenters. The van der Waals surface area contributed by atoms with Gasteiger partial charge in [-0.15, -0.1) is 0 Å². The number of rotatable bonds is 1. The normalized spacial score (nSPS) is 28.5. The summed E-state index contributed by atoms with van der Waals surface area (Å²) in [6.45, 7) is 6.80. The molecule has 0 radical (unpaired) electrons. The topological polar surface area (TPSA) is 50.4 Å². The minimum Gasteiger partial charge on any atom is -0.476 e. The molecule has 1 fully saturated rings. The van der Waals surface area contributed by atoms with E-state index in [9.17, 15) is 4.79 Å². The van der Waals surface area contributed by atoms with Gasteiger partial charge >= 0.3 is 0 Å². The van der Waals surface area contributed by atoms with E-state index in [1.807, 2.05) is 12.1 Å². The molecule has 0 spiro atoms. The van der Waals surface area contributed by atoms with Crippen LogP contribution >= 0.6 is 0 Å². The minimum atomic E-state index is -0.802. The van der Waals surface area contributed by atoms with Crippen molar-refractivity contribution in [1.29, 1.82) is 0 Å². The van der Waals surface area contributed by atoms with Gasteiger partial charge in [0.05, 0.1) is 5.69 Å². The predicted molar refractivity (Wildman–Crippen MR) is 74.4 cm³/mol. The van der Waals surface area contributed by atoms with Crippen molar-refractivity contribution in [2.45, 2.75) is 44.8 Å². The maximum Gasteiger partial charge on any atom is 0.268 e. The molecule has 3 rings (SSSR count). The average Bonchev–Trinajstić information content (AvgIpc) is 2.78. The van der Waals surface area contributed by atoms with E-state index >= 15 is 0 Å². The second-order valence-corrected chi connectivity index (χ2v) is 6.14. The van der Waals surface area contributed by atoms with Gasteiger partial charge in [-0.2, -0.15) is 0 Å². The highest BCUT2D eigenvalue weighted by Crippen LogP contribution is 2.38. The Morgan fingerprint density at radius 1 is 1.26 bits per heavy atom. The van der Waals surface area contributed by atoms with Crippen LogP contribution in [0.3, 0.4) is 0 Å². The van der Waals surface area contributed by atoms with Crippen LogP contribution in [0.5, 0.6) is 5.75 Å². The van der Waals surface area contributed by atoms with Gasteiger partial charge in [0.1, 0.15) is 5.75 Å². The Hall–Kier alpha value is -1.55. The third kappa shape index (κ3) is 2.00. The van der Waals surface area contributed by atoms with Crippen LogP contribution in [0, 0.1) is 0 Å². The van der Waals surface area contributed by atoms with E-state index in [0.717, 1.165) is 24.4 Å². The maximum atomic E-state index is 11.9. The average molecular weight is 260 g/mol. The zero-order valence-electron chi connectivity index (χ0n) is 11.7. The van der Waals surface area contributed by atoms with Crippen LogP contribution in [0.4, 0.5) is 5.69 Å². The molecule has 1 amide bonds. The van der Waals surface area contributed by atoms with Crippen LogP contribution in [0.1, 0.15) is 39.2 Å². The molecule has 2 aliphatic heterocycles. The van der Waals surface area contributed by atoms with Crippen molar-refractivity contribution in [2.75, 3.05) is 11.9 Å². The molecule has 0 aromatic heterocycles. The Kier molecular flexibility index (Phi) is 2.61. The van der Waals surface area contributed by atoms with Crippen molar-refractivity contribution >= 4 is 11.6 Å². The fourth-order valence-corrected chi connectivity index (χ4v) is 2.79. The summed E-state index contributed by atoms with van der Waals surface area (Å²) in [7, 11) is 0. The number of hydrogen-bond acceptors (Lipinski definition) is 3. The van der Waals surface area contributed by atoms with E-state index < -0.39 is 5.60 Å². The zero-order valence-corrected chi connectivity index (χ0v) is 11.7. The van der Waals surface area contributed by atoms with E-state index in [1.54, 1.807) is 13.8 Å². The van der Waals surface area contributed by atoms with Crippen molar-refractivity contribution in [3.8, 4) is 5.75 Å². The van der Waals surface area contributed by atoms with Crippen molar-refractivity contribution in [1.82, 2.24) is 5.32 Å². The van der Waals surface area contributed by atoms with Gasteiger partial charge < -0.3 is 15.4 Å². The second-order valence-electron chi connectivity index (χ2n) is 6.14. The smallest absolute Gasteiger partial charge is 0.268 e. The minimum absolute atomic E-state index is 0.00667. The molecule has 1 saturated heterocycles. The quantitative estimate of drug-likeness (QED) is 0.815. The lowest BCUT2D eigenvalue weighted by molar-refractivity contribution is -0.129. The summed E-state index contributed by atoms with van der Waals surface area (Å²) in [6.07, 6.45) is 2.30. The lowest BCUT2D eigenvalue weighted by Gasteiger charge is -2.33. The van der Waals surface area contributed by atoms with Crippen LogP contribution in [-0.2, 0) is 10.3 Å². The lowest BCUT2D eigenvalue weighted by atomic mass is 9.89. The monoisotopic (exact) mass is 260 g/mol. The Morgan fingerprint density at radius 3 is 2.74 bits per heavy atom. The molecule has 19 heavy (non-hydrogen) atoms. The molecule has 2 heterocycles. The summed E-state index contributed by atoms with van der Waals surface area (Å²) in [6, 6.07) is 6.07. The van der Waals surface area contributed by atoms with Crippen molar-refractivity contribution in [2.24, 2.45) is 0 Å². The first kappa shape index (κ1) is 12.5. The van der Waals surface area contributed by atoms with Gasteiger partial charge in [0.15, 0.2) is 5.60 Å². The van der Waals surface area contributed by atoms with Gasteiger partial charge in [0, 0.05) is 5.54 Å². The van der Waals surface area contributed by atoms with Crippen LogP contribution in [0.15, 0.2) is 18.2 Å². The molecular weight excluding hydrogens is 240 g/mol. The van der Waals surface area contributed by atoms with Crippen LogP contribution < -0.4 is 15.4 Å². The fraction of sp³-hybridized carbons (Fsp3) is 0.533. The molecule has 4 heteroatoms. The molecular formula is C15H20N2O2. The number of hydrogen-bond donors (Lipinski definition) is 2. The fourth-order valence-electron chi connectivity index (χ4n) is 2.79. The first-order valence-corrected chi connectivity index (χ1v) is 6.81. The molecule has 0 aliphatic carbocycles. The van der Waals surface area contributed by atoms with E-state index in [2.05, 4.69) is 23.6 Å². The molecule has 1 aromatic carbocycles. The standard InChI is InChI=1S/C15H20N2O2/c1-14(2)13(18)17-11-9-10(5-6-12(11)19-14)15(3)7-4-8-16-15/h5-6,9,16H,4,7-8H2,1-3H3,(H,17,18). The van der Waals surface area contributed by atoms with E-state index in [-0.39, 0.29) is 11.4 Å². The number of fused-ring (bicyclic) bond motifs is 1. The molecule has 102 valence electrons. The van der Waals surface area contributed by atoms with Crippen LogP contribution in [-0.4, -0.2) is 18.1 Å². The van der Waals surface area contributed by atoms with Gasteiger partial charge in [-0.1, -0.05) is 6.07 Å². The lowest BCUT2D eigenvalue weighted by Crippen LogP contribution is -2.45. The van der Waals surface area contributed by atoms with E-state index in [1.165, 1.54) is 12.0 Å². The highest BCUT2D eigenvalue weighted by atomic mass is 16.5. The number of carbonyl (C=O) groups excluding carboxylic acids is 1. The van der Waals surface area contributed by atoms with E-state index in [0.29, 0.717) is 0 Å². The van der Waals surface area contributed by atoms with E-state index in [4.69, 9.17) is 4.74 Å². The third-order valence-corrected chi connectivity index (χ3v) is 4.15. The van der Waals surface area contributed by atoms with Gasteiger partial charge in [0.25, 0.3) is 5.91 Å². The zero-order chi connectivity index (χ0) is 13.7. The Balaban J connectivity index is 1.97. The summed E-state index contributed by atoms with van der Waals surface area (Å²) in [5, 5.41) is 6.47. The number of nitrogens with one attached hydrogen (secondary N) is 2. The molecule has 4 nitrogen and oxygen atoms in total. The number of benzene rings is 1. The Labute approximate surface area is 113 Å². The summed E-state index contributed by atoms with van der Waals surface area (Å²) in [5.74, 6) is 0.650. The molecule has 0 bridgehead atoms. The van der Waals surface area contributed by atoms with Crippen LogP contribution in [0.2, 0.25) is 0 Å². The number of anilines is 1. The van der Waals surface area contributed by atoms with Crippen molar-refractivity contribution in [3.63, 3.8) is 0 Å². The van der Waals surface area contributed by atoms with Gasteiger partial charge in [-0.05, 0) is 57.9 Å². The van der Waals surface area contributed by atoms with Crippen molar-refractivity contribution in [3.05, 3.63) is 23.8 Å². The second kappa shape index (κ2) is 3.97. The van der Waals surface area contributed by atoms with Gasteiger partial charge in [-0.25, -0.2) is 0 Å². The van der Waals surface area contributed by atoms with Gasteiger partial charge in [-0.3, -0.25) is 4.79 Å². The number of amides is 1. The summed E-state index contributed by atoms with van der Waals surface area (Å²) >= 11 is 0. The number of ether oxygens (including phenoxy) is 1. The van der Waals surface area contributed by atoms with Crippen molar-refractivity contribution < 1.29 is 9.53 Å². The highest BCUT2D eigenvalue weighted by Gasteiger charge is 2.37. The number of carbonyl (C=O) groups is 1. The third-order valence-electron chi connectivity index (χ3n) is 4.15. The maximum absolute atomic E-state index is 11.9. The molecule has 2 N–H and O–H groups in total. The Bertz CT molecular complexity index is 531. The largest absolute Gasteiger partial charge is 0.476 e. The SMILES string of the molecule is CC1(C)Oc2ccc(C3(C)CCCN3)cc2NC1=O. The summed E-state index contributed by atoms with van der Waals surface area (Å²) in [5.41, 5.74) is 1.18. The molecule has 0 saturated carbocycles. The predicted octanol–water partition coefficient (Wildman–Crippen LogP) is 2.39. The molecule has 1 atom stereocenters. The van der Waals surface area contributed by atoms with Crippen LogP contribution in [0.25, 0.3) is 0 Å².